The van der Waals surface area contributed by atoms with Gasteiger partial charge in [0, 0.05) is 18.9 Å². The zero-order valence-electron chi connectivity index (χ0n) is 11.3. The predicted molar refractivity (Wildman–Crippen MR) is 76.0 cm³/mol. The van der Waals surface area contributed by atoms with Crippen molar-refractivity contribution in [2.75, 3.05) is 6.54 Å². The highest BCUT2D eigenvalue weighted by Crippen LogP contribution is 2.13. The number of pyridine rings is 2. The van der Waals surface area contributed by atoms with Crippen LogP contribution in [0.4, 0.5) is 0 Å². The van der Waals surface area contributed by atoms with Crippen LogP contribution in [0.1, 0.15) is 29.3 Å². The summed E-state index contributed by atoms with van der Waals surface area (Å²) in [6, 6.07) is 1.72. The van der Waals surface area contributed by atoms with Gasteiger partial charge in [-0.3, -0.25) is 4.79 Å². The first kappa shape index (κ1) is 14.2. The fourth-order valence-corrected chi connectivity index (χ4v) is 2.15. The Bertz CT molecular complexity index is 707. The lowest BCUT2D eigenvalue weighted by molar-refractivity contribution is 0.0695. The minimum atomic E-state index is -1.22. The number of nitrogens with zero attached hydrogens (tertiary/aromatic N) is 2. The molecule has 2 heterocycles. The molecule has 0 aromatic carbocycles. The van der Waals surface area contributed by atoms with Gasteiger partial charge in [0.05, 0.1) is 5.39 Å². The molecule has 2 aromatic rings. The highest BCUT2D eigenvalue weighted by Gasteiger charge is 2.15. The molecular formula is C14H17N3O3. The van der Waals surface area contributed by atoms with E-state index in [9.17, 15) is 9.59 Å². The van der Waals surface area contributed by atoms with Gasteiger partial charge in [-0.05, 0) is 37.9 Å². The van der Waals surface area contributed by atoms with Crippen LogP contribution < -0.4 is 11.2 Å². The van der Waals surface area contributed by atoms with Crippen LogP contribution in [0, 0.1) is 0 Å². The zero-order valence-corrected chi connectivity index (χ0v) is 11.3. The Kier molecular flexibility index (Phi) is 4.14. The molecule has 106 valence electrons. The molecule has 0 aliphatic carbocycles. The van der Waals surface area contributed by atoms with Crippen molar-refractivity contribution >= 4 is 17.0 Å². The normalized spacial score (nSPS) is 10.9. The van der Waals surface area contributed by atoms with E-state index in [1.807, 2.05) is 6.92 Å². The maximum atomic E-state index is 12.2. The lowest BCUT2D eigenvalue weighted by Gasteiger charge is -2.10. The smallest absolute Gasteiger partial charge is 0.341 e. The Balaban J connectivity index is 2.68. The SMILES string of the molecule is CCn1cc(C(=O)O)c(=O)c2cc(CCCN)cnc21. The first-order chi connectivity index (χ1) is 9.58. The van der Waals surface area contributed by atoms with E-state index < -0.39 is 11.4 Å². The number of rotatable bonds is 5. The van der Waals surface area contributed by atoms with Crippen molar-refractivity contribution in [3.63, 3.8) is 0 Å². The molecule has 0 saturated carbocycles. The summed E-state index contributed by atoms with van der Waals surface area (Å²) in [7, 11) is 0. The summed E-state index contributed by atoms with van der Waals surface area (Å²) in [4.78, 5) is 27.6. The fraction of sp³-hybridized carbons (Fsp3) is 0.357. The molecule has 2 aromatic heterocycles. The minimum Gasteiger partial charge on any atom is -0.477 e. The van der Waals surface area contributed by atoms with Crippen molar-refractivity contribution in [3.8, 4) is 0 Å². The number of hydrogen-bond acceptors (Lipinski definition) is 4. The molecule has 0 aliphatic rings. The second-order valence-corrected chi connectivity index (χ2v) is 4.57. The van der Waals surface area contributed by atoms with Crippen molar-refractivity contribution in [1.29, 1.82) is 0 Å². The average Bonchev–Trinajstić information content (AvgIpc) is 2.45. The molecule has 2 rings (SSSR count). The largest absolute Gasteiger partial charge is 0.477 e. The third-order valence-electron chi connectivity index (χ3n) is 3.21. The van der Waals surface area contributed by atoms with E-state index in [1.54, 1.807) is 16.8 Å². The van der Waals surface area contributed by atoms with E-state index in [0.717, 1.165) is 18.4 Å². The van der Waals surface area contributed by atoms with Gasteiger partial charge in [-0.2, -0.15) is 0 Å². The van der Waals surface area contributed by atoms with Crippen molar-refractivity contribution in [1.82, 2.24) is 9.55 Å². The Morgan fingerprint density at radius 1 is 1.50 bits per heavy atom. The molecule has 3 N–H and O–H groups in total. The van der Waals surface area contributed by atoms with Gasteiger partial charge in [-0.25, -0.2) is 9.78 Å². The molecule has 0 aliphatic heterocycles. The molecule has 0 unspecified atom stereocenters. The molecular weight excluding hydrogens is 258 g/mol. The monoisotopic (exact) mass is 275 g/mol. The first-order valence-electron chi connectivity index (χ1n) is 6.54. The molecule has 0 spiro atoms. The van der Waals surface area contributed by atoms with Gasteiger partial charge >= 0.3 is 5.97 Å². The number of nitrogens with two attached hydrogens (primary N) is 1. The standard InChI is InChI=1S/C14H17N3O3/c1-2-17-8-11(14(19)20)12(18)10-6-9(4-3-5-15)7-16-13(10)17/h6-8H,2-5,15H2,1H3,(H,19,20). The van der Waals surface area contributed by atoms with E-state index in [4.69, 9.17) is 10.8 Å². The molecule has 20 heavy (non-hydrogen) atoms. The van der Waals surface area contributed by atoms with Gasteiger partial charge in [0.25, 0.3) is 0 Å². The van der Waals surface area contributed by atoms with E-state index in [-0.39, 0.29) is 5.56 Å². The van der Waals surface area contributed by atoms with Crippen LogP contribution in [0.2, 0.25) is 0 Å². The number of carboxylic acids is 1. The summed E-state index contributed by atoms with van der Waals surface area (Å²) in [5.41, 5.74) is 6.16. The average molecular weight is 275 g/mol. The van der Waals surface area contributed by atoms with E-state index in [1.165, 1.54) is 6.20 Å². The molecule has 0 fully saturated rings. The first-order valence-corrected chi connectivity index (χ1v) is 6.54. The van der Waals surface area contributed by atoms with E-state index in [0.29, 0.717) is 24.1 Å². The summed E-state index contributed by atoms with van der Waals surface area (Å²) in [6.07, 6.45) is 4.58. The summed E-state index contributed by atoms with van der Waals surface area (Å²) in [5.74, 6) is -1.22. The zero-order chi connectivity index (χ0) is 14.7. The third kappa shape index (κ3) is 2.55. The highest BCUT2D eigenvalue weighted by molar-refractivity contribution is 5.91. The minimum absolute atomic E-state index is 0.225. The molecule has 0 amide bonds. The number of carboxylic acid groups (broad SMARTS) is 1. The van der Waals surface area contributed by atoms with Gasteiger partial charge in [0.15, 0.2) is 0 Å². The van der Waals surface area contributed by atoms with Crippen LogP contribution in [0.5, 0.6) is 0 Å². The number of carbonyl (C=O) groups is 1. The Morgan fingerprint density at radius 3 is 2.85 bits per heavy atom. The van der Waals surface area contributed by atoms with Crippen molar-refractivity contribution in [3.05, 3.63) is 39.8 Å². The summed E-state index contributed by atoms with van der Waals surface area (Å²) >= 11 is 0. The van der Waals surface area contributed by atoms with Crippen LogP contribution in [0.15, 0.2) is 23.3 Å². The number of aromatic nitrogens is 2. The Hall–Kier alpha value is -2.21. The summed E-state index contributed by atoms with van der Waals surface area (Å²) in [6.45, 7) is 2.98. The highest BCUT2D eigenvalue weighted by atomic mass is 16.4. The van der Waals surface area contributed by atoms with Gasteiger partial charge < -0.3 is 15.4 Å². The van der Waals surface area contributed by atoms with Gasteiger partial charge in [0.2, 0.25) is 5.43 Å². The molecule has 0 atom stereocenters. The lowest BCUT2D eigenvalue weighted by atomic mass is 10.1. The second-order valence-electron chi connectivity index (χ2n) is 4.57. The molecule has 0 radical (unpaired) electrons. The Labute approximate surface area is 115 Å². The van der Waals surface area contributed by atoms with E-state index >= 15 is 0 Å². The van der Waals surface area contributed by atoms with Crippen molar-refractivity contribution < 1.29 is 9.90 Å². The maximum absolute atomic E-state index is 12.2. The van der Waals surface area contributed by atoms with Gasteiger partial charge in [0.1, 0.15) is 11.2 Å². The Morgan fingerprint density at radius 2 is 2.25 bits per heavy atom. The molecule has 0 saturated heterocycles. The maximum Gasteiger partial charge on any atom is 0.341 e. The molecule has 6 nitrogen and oxygen atoms in total. The predicted octanol–water partition coefficient (Wildman–Crippen LogP) is 1.01. The van der Waals surface area contributed by atoms with Crippen LogP contribution in [-0.4, -0.2) is 27.2 Å². The van der Waals surface area contributed by atoms with Gasteiger partial charge in [-0.1, -0.05) is 0 Å². The number of hydrogen-bond donors (Lipinski definition) is 2. The van der Waals surface area contributed by atoms with E-state index in [2.05, 4.69) is 4.98 Å². The number of fused-ring (bicyclic) bond motifs is 1. The van der Waals surface area contributed by atoms with Crippen molar-refractivity contribution in [2.24, 2.45) is 5.73 Å². The van der Waals surface area contributed by atoms with Crippen LogP contribution in [-0.2, 0) is 13.0 Å². The number of aromatic carboxylic acids is 1. The topological polar surface area (TPSA) is 98.2 Å². The molecule has 6 heteroatoms. The summed E-state index contributed by atoms with van der Waals surface area (Å²) < 4.78 is 1.67. The van der Waals surface area contributed by atoms with Crippen LogP contribution in [0.25, 0.3) is 11.0 Å². The van der Waals surface area contributed by atoms with Gasteiger partial charge in [-0.15, -0.1) is 0 Å². The quantitative estimate of drug-likeness (QED) is 0.848. The van der Waals surface area contributed by atoms with Crippen molar-refractivity contribution in [2.45, 2.75) is 26.3 Å². The lowest BCUT2D eigenvalue weighted by Crippen LogP contribution is -2.19. The summed E-state index contributed by atoms with van der Waals surface area (Å²) in [5, 5.41) is 9.45. The third-order valence-corrected chi connectivity index (χ3v) is 3.21. The van der Waals surface area contributed by atoms with Crippen LogP contribution in [0.3, 0.4) is 0 Å². The molecule has 0 bridgehead atoms. The fourth-order valence-electron chi connectivity index (χ4n) is 2.15. The number of aryl methyl sites for hydroxylation is 2. The second kappa shape index (κ2) is 5.83. The van der Waals surface area contributed by atoms with Crippen LogP contribution >= 0.6 is 0 Å².